The van der Waals surface area contributed by atoms with Gasteiger partial charge in [-0.05, 0) is 44.9 Å². The maximum absolute atomic E-state index is 6.36. The fourth-order valence-corrected chi connectivity index (χ4v) is 3.70. The second-order valence-electron chi connectivity index (χ2n) is 4.69. The second kappa shape index (κ2) is 5.05. The molecule has 2 heterocycles. The molecule has 0 N–H and O–H groups in total. The van der Waals surface area contributed by atoms with Gasteiger partial charge in [0.25, 0.3) is 0 Å². The van der Waals surface area contributed by atoms with Crippen LogP contribution in [0.5, 0.6) is 0 Å². The molecule has 5 heteroatoms. The number of rotatable bonds is 1. The zero-order valence-corrected chi connectivity index (χ0v) is 13.8. The smallest absolute Gasteiger partial charge is 0.162 e. The first-order chi connectivity index (χ1) is 10.2. The lowest BCUT2D eigenvalue weighted by molar-refractivity contribution is 1.23. The van der Waals surface area contributed by atoms with Crippen molar-refractivity contribution in [3.8, 4) is 11.4 Å². The number of aromatic nitrogens is 2. The van der Waals surface area contributed by atoms with Gasteiger partial charge in [-0.25, -0.2) is 9.97 Å². The minimum Gasteiger partial charge on any atom is -0.228 e. The normalized spacial score (nSPS) is 11.3. The van der Waals surface area contributed by atoms with E-state index < -0.39 is 0 Å². The summed E-state index contributed by atoms with van der Waals surface area (Å²) in [4.78, 5) is 9.09. The van der Waals surface area contributed by atoms with Crippen LogP contribution in [0.15, 0.2) is 51.6 Å². The largest absolute Gasteiger partial charge is 0.228 e. The fraction of sp³-hybridized carbons (Fsp3) is 0. The van der Waals surface area contributed by atoms with E-state index in [0.29, 0.717) is 11.0 Å². The molecule has 4 aromatic rings. The first kappa shape index (κ1) is 13.2. The molecule has 0 radical (unpaired) electrons. The molecule has 0 saturated heterocycles. The molecule has 0 spiro atoms. The topological polar surface area (TPSA) is 25.8 Å². The van der Waals surface area contributed by atoms with Gasteiger partial charge in [0.1, 0.15) is 5.15 Å². The molecule has 2 nitrogen and oxygen atoms in total. The third-order valence-electron chi connectivity index (χ3n) is 3.34. The summed E-state index contributed by atoms with van der Waals surface area (Å²) in [5, 5.41) is 5.68. The minimum absolute atomic E-state index is 0.489. The highest BCUT2D eigenvalue weighted by Crippen LogP contribution is 2.31. The predicted molar refractivity (Wildman–Crippen MR) is 93.1 cm³/mol. The summed E-state index contributed by atoms with van der Waals surface area (Å²) in [5.74, 6) is 0.657. The SMILES string of the molecule is Clc1nc(-c2csc(Br)c2)nc2cc3ccccc3cc12. The van der Waals surface area contributed by atoms with Crippen LogP contribution in [-0.2, 0) is 0 Å². The first-order valence-electron chi connectivity index (χ1n) is 6.31. The lowest BCUT2D eigenvalue weighted by Crippen LogP contribution is -1.91. The molecule has 0 saturated carbocycles. The molecule has 2 aromatic heterocycles. The number of fused-ring (bicyclic) bond motifs is 2. The Balaban J connectivity index is 2.02. The van der Waals surface area contributed by atoms with Crippen LogP contribution in [0.4, 0.5) is 0 Å². The molecule has 0 atom stereocenters. The summed E-state index contributed by atoms with van der Waals surface area (Å²) in [6.45, 7) is 0. The Bertz CT molecular complexity index is 981. The Morgan fingerprint density at radius 2 is 1.76 bits per heavy atom. The van der Waals surface area contributed by atoms with E-state index in [9.17, 15) is 0 Å². The van der Waals surface area contributed by atoms with Crippen molar-refractivity contribution in [3.63, 3.8) is 0 Å². The van der Waals surface area contributed by atoms with Crippen molar-refractivity contribution in [3.05, 3.63) is 56.8 Å². The van der Waals surface area contributed by atoms with Crippen LogP contribution >= 0.6 is 38.9 Å². The molecule has 0 bridgehead atoms. The Labute approximate surface area is 138 Å². The van der Waals surface area contributed by atoms with Gasteiger partial charge in [0.2, 0.25) is 0 Å². The lowest BCUT2D eigenvalue weighted by atomic mass is 10.1. The number of hydrogen-bond donors (Lipinski definition) is 0. The van der Waals surface area contributed by atoms with E-state index in [-0.39, 0.29) is 0 Å². The van der Waals surface area contributed by atoms with Crippen LogP contribution in [0.3, 0.4) is 0 Å². The standard InChI is InChI=1S/C16H8BrClN2S/c17-14-7-11(8-21-14)16-19-13-6-10-4-2-1-3-9(10)5-12(13)15(18)20-16/h1-8H. The van der Waals surface area contributed by atoms with Crippen LogP contribution < -0.4 is 0 Å². The Morgan fingerprint density at radius 3 is 2.48 bits per heavy atom. The summed E-state index contributed by atoms with van der Waals surface area (Å²) in [5.41, 5.74) is 1.84. The third kappa shape index (κ3) is 2.33. The van der Waals surface area contributed by atoms with Crippen LogP contribution in [0.1, 0.15) is 0 Å². The van der Waals surface area contributed by atoms with E-state index in [2.05, 4.69) is 44.1 Å². The predicted octanol–water partition coefficient (Wildman–Crippen LogP) is 5.93. The summed E-state index contributed by atoms with van der Waals surface area (Å²) < 4.78 is 1.05. The van der Waals surface area contributed by atoms with Gasteiger partial charge in [-0.1, -0.05) is 35.9 Å². The monoisotopic (exact) mass is 374 g/mol. The summed E-state index contributed by atoms with van der Waals surface area (Å²) in [7, 11) is 0. The molecule has 0 aliphatic rings. The van der Waals surface area contributed by atoms with E-state index in [4.69, 9.17) is 11.6 Å². The maximum Gasteiger partial charge on any atom is 0.162 e. The van der Waals surface area contributed by atoms with E-state index in [1.165, 1.54) is 0 Å². The van der Waals surface area contributed by atoms with Gasteiger partial charge in [0, 0.05) is 16.3 Å². The first-order valence-corrected chi connectivity index (χ1v) is 8.36. The van der Waals surface area contributed by atoms with Gasteiger partial charge in [0.15, 0.2) is 5.82 Å². The lowest BCUT2D eigenvalue weighted by Gasteiger charge is -2.05. The van der Waals surface area contributed by atoms with E-state index in [1.54, 1.807) is 11.3 Å². The van der Waals surface area contributed by atoms with Crippen molar-refractivity contribution in [1.29, 1.82) is 0 Å². The molecule has 102 valence electrons. The zero-order valence-electron chi connectivity index (χ0n) is 10.7. The molecule has 4 rings (SSSR count). The van der Waals surface area contributed by atoms with Gasteiger partial charge in [0.05, 0.1) is 9.30 Å². The van der Waals surface area contributed by atoms with Gasteiger partial charge < -0.3 is 0 Å². The summed E-state index contributed by atoms with van der Waals surface area (Å²) >= 11 is 11.4. The Morgan fingerprint density at radius 1 is 1.00 bits per heavy atom. The summed E-state index contributed by atoms with van der Waals surface area (Å²) in [6, 6.07) is 14.3. The zero-order chi connectivity index (χ0) is 14.4. The highest BCUT2D eigenvalue weighted by molar-refractivity contribution is 9.11. The highest BCUT2D eigenvalue weighted by atomic mass is 79.9. The Hall–Kier alpha value is -1.49. The van der Waals surface area contributed by atoms with Gasteiger partial charge in [-0.3, -0.25) is 0 Å². The molecule has 0 amide bonds. The van der Waals surface area contributed by atoms with E-state index >= 15 is 0 Å². The van der Waals surface area contributed by atoms with E-state index in [0.717, 1.165) is 31.0 Å². The van der Waals surface area contributed by atoms with Crippen molar-refractivity contribution in [1.82, 2.24) is 9.97 Å². The van der Waals surface area contributed by atoms with Crippen LogP contribution in [0.25, 0.3) is 33.1 Å². The van der Waals surface area contributed by atoms with Crippen LogP contribution in [0, 0.1) is 0 Å². The number of nitrogens with zero attached hydrogens (tertiary/aromatic N) is 2. The molecule has 21 heavy (non-hydrogen) atoms. The van der Waals surface area contributed by atoms with Crippen LogP contribution in [0.2, 0.25) is 5.15 Å². The second-order valence-corrected chi connectivity index (χ2v) is 7.34. The summed E-state index contributed by atoms with van der Waals surface area (Å²) in [6.07, 6.45) is 0. The highest BCUT2D eigenvalue weighted by Gasteiger charge is 2.10. The maximum atomic E-state index is 6.36. The van der Waals surface area contributed by atoms with Crippen molar-refractivity contribution >= 4 is 60.5 Å². The van der Waals surface area contributed by atoms with Gasteiger partial charge in [-0.2, -0.15) is 0 Å². The third-order valence-corrected chi connectivity index (χ3v) is 5.13. The molecule has 0 unspecified atom stereocenters. The minimum atomic E-state index is 0.489. The molecule has 0 aliphatic heterocycles. The quantitative estimate of drug-likeness (QED) is 0.304. The molecular formula is C16H8BrClN2S. The van der Waals surface area contributed by atoms with Gasteiger partial charge >= 0.3 is 0 Å². The van der Waals surface area contributed by atoms with Crippen molar-refractivity contribution in [2.45, 2.75) is 0 Å². The average molecular weight is 376 g/mol. The molecule has 0 fully saturated rings. The molecular weight excluding hydrogens is 368 g/mol. The van der Waals surface area contributed by atoms with Crippen molar-refractivity contribution < 1.29 is 0 Å². The molecule has 0 aliphatic carbocycles. The number of thiophene rings is 1. The fourth-order valence-electron chi connectivity index (χ4n) is 2.33. The van der Waals surface area contributed by atoms with Gasteiger partial charge in [-0.15, -0.1) is 11.3 Å². The Kier molecular flexibility index (Phi) is 3.17. The van der Waals surface area contributed by atoms with Crippen molar-refractivity contribution in [2.75, 3.05) is 0 Å². The number of benzene rings is 2. The van der Waals surface area contributed by atoms with E-state index in [1.807, 2.05) is 29.6 Å². The van der Waals surface area contributed by atoms with Crippen LogP contribution in [-0.4, -0.2) is 9.97 Å². The van der Waals surface area contributed by atoms with Crippen molar-refractivity contribution in [2.24, 2.45) is 0 Å². The molecule has 2 aromatic carbocycles. The average Bonchev–Trinajstić information content (AvgIpc) is 2.92. The number of halogens is 2. The number of hydrogen-bond acceptors (Lipinski definition) is 3.